The van der Waals surface area contributed by atoms with Crippen LogP contribution in [0.3, 0.4) is 0 Å². The predicted octanol–water partition coefficient (Wildman–Crippen LogP) is 2.48. The molecule has 33 heavy (non-hydrogen) atoms. The molecule has 1 N–H and O–H groups in total. The number of benzene rings is 1. The van der Waals surface area contributed by atoms with E-state index in [9.17, 15) is 9.59 Å². The Morgan fingerprint density at radius 3 is 2.85 bits per heavy atom. The van der Waals surface area contributed by atoms with Crippen LogP contribution in [-0.2, 0) is 13.6 Å². The molecular weight excluding hydrogens is 420 g/mol. The Morgan fingerprint density at radius 1 is 1.27 bits per heavy atom. The number of amides is 2. The Hall–Kier alpha value is -3.75. The van der Waals surface area contributed by atoms with Crippen LogP contribution in [-0.4, -0.2) is 56.4 Å². The number of carbonyl (C=O) groups is 2. The fraction of sp³-hybridized carbons (Fsp3) is 0.375. The van der Waals surface area contributed by atoms with Gasteiger partial charge in [0.25, 0.3) is 11.8 Å². The van der Waals surface area contributed by atoms with Crippen LogP contribution in [0.4, 0.5) is 0 Å². The van der Waals surface area contributed by atoms with E-state index in [0.29, 0.717) is 42.5 Å². The molecule has 4 rings (SSSR count). The predicted molar refractivity (Wildman–Crippen MR) is 122 cm³/mol. The molecule has 0 radical (unpaired) electrons. The second-order valence-corrected chi connectivity index (χ2v) is 8.21. The number of imidazole rings is 1. The Labute approximate surface area is 192 Å². The van der Waals surface area contributed by atoms with Crippen molar-refractivity contribution in [3.63, 3.8) is 0 Å². The van der Waals surface area contributed by atoms with E-state index in [-0.39, 0.29) is 17.7 Å². The first-order valence-electron chi connectivity index (χ1n) is 11.0. The number of hydrogen-bond acceptors (Lipinski definition) is 6. The van der Waals surface area contributed by atoms with Gasteiger partial charge in [-0.3, -0.25) is 9.59 Å². The number of aromatic nitrogens is 4. The molecule has 3 heterocycles. The molecule has 2 aromatic heterocycles. The number of hydrogen-bond donors (Lipinski definition) is 1. The molecule has 1 atom stereocenters. The van der Waals surface area contributed by atoms with Crippen molar-refractivity contribution in [3.05, 3.63) is 71.3 Å². The lowest BCUT2D eigenvalue weighted by Crippen LogP contribution is -2.40. The normalized spacial score (nSPS) is 15.8. The minimum Gasteiger partial charge on any atom is -0.497 e. The van der Waals surface area contributed by atoms with Gasteiger partial charge in [-0.05, 0) is 37.5 Å². The van der Waals surface area contributed by atoms with Crippen LogP contribution >= 0.6 is 0 Å². The summed E-state index contributed by atoms with van der Waals surface area (Å²) in [4.78, 5) is 40.6. The number of rotatable bonds is 6. The first-order chi connectivity index (χ1) is 16.0. The van der Waals surface area contributed by atoms with Gasteiger partial charge in [-0.2, -0.15) is 0 Å². The molecule has 2 amide bonds. The zero-order valence-corrected chi connectivity index (χ0v) is 19.1. The van der Waals surface area contributed by atoms with Gasteiger partial charge in [0, 0.05) is 51.2 Å². The van der Waals surface area contributed by atoms with Crippen molar-refractivity contribution in [1.29, 1.82) is 0 Å². The molecule has 1 aliphatic heterocycles. The maximum absolute atomic E-state index is 12.8. The van der Waals surface area contributed by atoms with Crippen LogP contribution in [0.15, 0.2) is 42.9 Å². The van der Waals surface area contributed by atoms with Crippen LogP contribution in [0.1, 0.15) is 56.8 Å². The molecule has 0 spiro atoms. The van der Waals surface area contributed by atoms with Gasteiger partial charge in [0.1, 0.15) is 11.6 Å². The van der Waals surface area contributed by atoms with E-state index in [0.717, 1.165) is 24.2 Å². The SMILES string of the molecule is COc1cccc(CNC(=O)c2cnc([C@H]3CCCN(C(=O)c4nccn4C)C3)nc2C)c1. The average Bonchev–Trinajstić information content (AvgIpc) is 3.28. The Kier molecular flexibility index (Phi) is 6.67. The van der Waals surface area contributed by atoms with E-state index in [1.54, 1.807) is 30.3 Å². The number of nitrogens with one attached hydrogen (secondary N) is 1. The highest BCUT2D eigenvalue weighted by Crippen LogP contribution is 2.26. The smallest absolute Gasteiger partial charge is 0.289 e. The van der Waals surface area contributed by atoms with Crippen molar-refractivity contribution in [1.82, 2.24) is 29.7 Å². The molecule has 0 bridgehead atoms. The van der Waals surface area contributed by atoms with Gasteiger partial charge in [0.05, 0.1) is 18.4 Å². The summed E-state index contributed by atoms with van der Waals surface area (Å²) in [6.45, 7) is 3.41. The third kappa shape index (κ3) is 5.02. The van der Waals surface area contributed by atoms with Crippen LogP contribution in [0.5, 0.6) is 5.75 Å². The Bertz CT molecular complexity index is 1160. The summed E-state index contributed by atoms with van der Waals surface area (Å²) in [5.41, 5.74) is 2.01. The molecule has 0 unspecified atom stereocenters. The van der Waals surface area contributed by atoms with Gasteiger partial charge in [0.15, 0.2) is 5.82 Å². The zero-order valence-electron chi connectivity index (χ0n) is 19.1. The molecule has 3 aromatic rings. The number of nitrogens with zero attached hydrogens (tertiary/aromatic N) is 5. The van der Waals surface area contributed by atoms with Gasteiger partial charge in [-0.1, -0.05) is 12.1 Å². The minimum atomic E-state index is -0.225. The number of likely N-dealkylation sites (tertiary alicyclic amines) is 1. The molecular formula is C24H28N6O3. The molecule has 1 fully saturated rings. The van der Waals surface area contributed by atoms with Crippen LogP contribution in [0, 0.1) is 6.92 Å². The third-order valence-corrected chi connectivity index (χ3v) is 5.92. The van der Waals surface area contributed by atoms with Gasteiger partial charge in [0.2, 0.25) is 0 Å². The Balaban J connectivity index is 1.41. The lowest BCUT2D eigenvalue weighted by atomic mass is 9.96. The summed E-state index contributed by atoms with van der Waals surface area (Å²) in [6, 6.07) is 7.55. The lowest BCUT2D eigenvalue weighted by Gasteiger charge is -2.31. The van der Waals surface area contributed by atoms with E-state index in [1.165, 1.54) is 0 Å². The topological polar surface area (TPSA) is 102 Å². The largest absolute Gasteiger partial charge is 0.497 e. The molecule has 9 heteroatoms. The number of carbonyl (C=O) groups excluding carboxylic acids is 2. The summed E-state index contributed by atoms with van der Waals surface area (Å²) in [5.74, 6) is 1.55. The van der Waals surface area contributed by atoms with Gasteiger partial charge in [-0.15, -0.1) is 0 Å². The minimum absolute atomic E-state index is 0.0237. The van der Waals surface area contributed by atoms with Crippen molar-refractivity contribution in [2.75, 3.05) is 20.2 Å². The quantitative estimate of drug-likeness (QED) is 0.622. The van der Waals surface area contributed by atoms with E-state index in [4.69, 9.17) is 4.74 Å². The van der Waals surface area contributed by atoms with E-state index >= 15 is 0 Å². The molecule has 0 saturated carbocycles. The summed E-state index contributed by atoms with van der Waals surface area (Å²) < 4.78 is 6.95. The van der Waals surface area contributed by atoms with Crippen molar-refractivity contribution in [3.8, 4) is 5.75 Å². The fourth-order valence-corrected chi connectivity index (χ4v) is 4.05. The molecule has 1 aliphatic rings. The second-order valence-electron chi connectivity index (χ2n) is 8.21. The van der Waals surface area contributed by atoms with Crippen molar-refractivity contribution in [2.45, 2.75) is 32.2 Å². The molecule has 9 nitrogen and oxygen atoms in total. The maximum Gasteiger partial charge on any atom is 0.289 e. The molecule has 1 saturated heterocycles. The fourth-order valence-electron chi connectivity index (χ4n) is 4.05. The van der Waals surface area contributed by atoms with Crippen molar-refractivity contribution in [2.24, 2.45) is 7.05 Å². The highest BCUT2D eigenvalue weighted by molar-refractivity contribution is 5.94. The van der Waals surface area contributed by atoms with Gasteiger partial charge >= 0.3 is 0 Å². The maximum atomic E-state index is 12.8. The van der Waals surface area contributed by atoms with E-state index in [1.807, 2.05) is 43.1 Å². The van der Waals surface area contributed by atoms with Crippen LogP contribution in [0.25, 0.3) is 0 Å². The van der Waals surface area contributed by atoms with Crippen molar-refractivity contribution >= 4 is 11.8 Å². The Morgan fingerprint density at radius 2 is 2.12 bits per heavy atom. The van der Waals surface area contributed by atoms with Crippen LogP contribution in [0.2, 0.25) is 0 Å². The summed E-state index contributed by atoms with van der Waals surface area (Å²) in [7, 11) is 3.42. The molecule has 172 valence electrons. The van der Waals surface area contributed by atoms with Crippen LogP contribution < -0.4 is 10.1 Å². The second kappa shape index (κ2) is 9.81. The highest BCUT2D eigenvalue weighted by atomic mass is 16.5. The van der Waals surface area contributed by atoms with Crippen molar-refractivity contribution < 1.29 is 14.3 Å². The average molecular weight is 449 g/mol. The number of methoxy groups -OCH3 is 1. The van der Waals surface area contributed by atoms with Gasteiger partial charge in [-0.25, -0.2) is 15.0 Å². The summed E-state index contributed by atoms with van der Waals surface area (Å²) in [5, 5.41) is 2.91. The standard InChI is InChI=1S/C24H28N6O3/c1-16-20(23(31)27-13-17-6-4-8-19(12-17)33-3)14-26-21(28-16)18-7-5-10-30(15-18)24(32)22-25-9-11-29(22)2/h4,6,8-9,11-12,14,18H,5,7,10,13,15H2,1-3H3,(H,27,31)/t18-/m0/s1. The summed E-state index contributed by atoms with van der Waals surface area (Å²) in [6.07, 6.45) is 6.73. The number of piperidine rings is 1. The number of aryl methyl sites for hydroxylation is 2. The highest BCUT2D eigenvalue weighted by Gasteiger charge is 2.29. The van der Waals surface area contributed by atoms with E-state index in [2.05, 4.69) is 20.3 Å². The monoisotopic (exact) mass is 448 g/mol. The number of ether oxygens (including phenoxy) is 1. The first kappa shape index (κ1) is 22.4. The lowest BCUT2D eigenvalue weighted by molar-refractivity contribution is 0.0688. The van der Waals surface area contributed by atoms with E-state index < -0.39 is 0 Å². The van der Waals surface area contributed by atoms with Gasteiger partial charge < -0.3 is 19.5 Å². The molecule has 0 aliphatic carbocycles. The zero-order chi connectivity index (χ0) is 23.4. The summed E-state index contributed by atoms with van der Waals surface area (Å²) >= 11 is 0. The third-order valence-electron chi connectivity index (χ3n) is 5.92. The first-order valence-corrected chi connectivity index (χ1v) is 11.0. The molecule has 1 aromatic carbocycles.